The topological polar surface area (TPSA) is 103 Å². The highest BCUT2D eigenvalue weighted by molar-refractivity contribution is 5.95. The number of rotatable bonds is 9. The van der Waals surface area contributed by atoms with Gasteiger partial charge in [0.15, 0.2) is 5.65 Å². The van der Waals surface area contributed by atoms with Gasteiger partial charge in [-0.25, -0.2) is 14.6 Å². The van der Waals surface area contributed by atoms with Crippen molar-refractivity contribution in [2.45, 2.75) is 19.9 Å². The van der Waals surface area contributed by atoms with Crippen LogP contribution >= 0.6 is 0 Å². The van der Waals surface area contributed by atoms with E-state index in [-0.39, 0.29) is 5.91 Å². The Morgan fingerprint density at radius 2 is 1.86 bits per heavy atom. The predicted octanol–water partition coefficient (Wildman–Crippen LogP) is 2.10. The normalized spacial score (nSPS) is 10.7. The molecule has 1 amide bonds. The van der Waals surface area contributed by atoms with Crippen LogP contribution in [0, 0.1) is 0 Å². The number of ether oxygens (including phenoxy) is 2. The van der Waals surface area contributed by atoms with Gasteiger partial charge in [-0.1, -0.05) is 6.92 Å². The Bertz CT molecular complexity index is 934. The highest BCUT2D eigenvalue weighted by Gasteiger charge is 2.12. The van der Waals surface area contributed by atoms with E-state index in [2.05, 4.69) is 32.6 Å². The average Bonchev–Trinajstić information content (AvgIpc) is 3.15. The third kappa shape index (κ3) is 4.30. The van der Waals surface area contributed by atoms with Crippen molar-refractivity contribution >= 4 is 22.8 Å². The molecule has 2 aromatic heterocycles. The first-order valence-electron chi connectivity index (χ1n) is 9.08. The summed E-state index contributed by atoms with van der Waals surface area (Å²) in [6, 6.07) is 5.05. The number of carbonyl (C=O) groups excluding carboxylic acids is 1. The molecule has 0 aliphatic rings. The Hall–Kier alpha value is -3.36. The van der Waals surface area contributed by atoms with Crippen molar-refractivity contribution in [2.24, 2.45) is 0 Å². The zero-order valence-electron chi connectivity index (χ0n) is 16.2. The maximum atomic E-state index is 12.5. The number of benzene rings is 1. The molecule has 0 bridgehead atoms. The fourth-order valence-corrected chi connectivity index (χ4v) is 2.76. The first-order valence-corrected chi connectivity index (χ1v) is 9.08. The molecule has 1 aromatic carbocycles. The molecule has 9 heteroatoms. The molecule has 3 aromatic rings. The first kappa shape index (κ1) is 19.4. The van der Waals surface area contributed by atoms with Crippen LogP contribution in [0.15, 0.2) is 30.7 Å². The first-order chi connectivity index (χ1) is 13.7. The lowest BCUT2D eigenvalue weighted by Gasteiger charge is -2.10. The molecule has 0 aliphatic heterocycles. The summed E-state index contributed by atoms with van der Waals surface area (Å²) < 4.78 is 12.2. The number of hydrogen-bond donors (Lipinski definition) is 2. The van der Waals surface area contributed by atoms with E-state index < -0.39 is 0 Å². The molecule has 0 aliphatic carbocycles. The van der Waals surface area contributed by atoms with Crippen molar-refractivity contribution < 1.29 is 14.3 Å². The molecule has 148 valence electrons. The van der Waals surface area contributed by atoms with Gasteiger partial charge in [0.05, 0.1) is 32.3 Å². The van der Waals surface area contributed by atoms with Crippen molar-refractivity contribution in [3.05, 3.63) is 36.3 Å². The second-order valence-corrected chi connectivity index (χ2v) is 6.11. The Morgan fingerprint density at radius 3 is 2.54 bits per heavy atom. The molecule has 28 heavy (non-hydrogen) atoms. The predicted molar refractivity (Wildman–Crippen MR) is 106 cm³/mol. The number of nitrogens with one attached hydrogen (secondary N) is 2. The van der Waals surface area contributed by atoms with Gasteiger partial charge in [0.25, 0.3) is 5.91 Å². The van der Waals surface area contributed by atoms with Gasteiger partial charge in [-0.05, 0) is 18.6 Å². The molecule has 0 spiro atoms. The number of carbonyl (C=O) groups is 1. The van der Waals surface area contributed by atoms with E-state index in [1.807, 2.05) is 0 Å². The smallest absolute Gasteiger partial charge is 0.251 e. The van der Waals surface area contributed by atoms with Gasteiger partial charge >= 0.3 is 0 Å². The zero-order chi connectivity index (χ0) is 19.9. The minimum Gasteiger partial charge on any atom is -0.497 e. The van der Waals surface area contributed by atoms with Crippen LogP contribution in [0.4, 0.5) is 5.82 Å². The Kier molecular flexibility index (Phi) is 6.25. The monoisotopic (exact) mass is 384 g/mol. The van der Waals surface area contributed by atoms with Crippen molar-refractivity contribution in [3.63, 3.8) is 0 Å². The van der Waals surface area contributed by atoms with Gasteiger partial charge in [-0.3, -0.25) is 4.79 Å². The molecular weight excluding hydrogens is 360 g/mol. The summed E-state index contributed by atoms with van der Waals surface area (Å²) in [7, 11) is 3.09. The van der Waals surface area contributed by atoms with E-state index in [1.54, 1.807) is 43.3 Å². The van der Waals surface area contributed by atoms with Gasteiger partial charge in [-0.15, -0.1) is 0 Å². The summed E-state index contributed by atoms with van der Waals surface area (Å²) in [6.07, 6.45) is 4.25. The number of amides is 1. The van der Waals surface area contributed by atoms with Gasteiger partial charge in [0.2, 0.25) is 0 Å². The number of aromatic nitrogens is 4. The van der Waals surface area contributed by atoms with E-state index in [9.17, 15) is 4.79 Å². The lowest BCUT2D eigenvalue weighted by Crippen LogP contribution is -2.27. The third-order valence-corrected chi connectivity index (χ3v) is 4.20. The van der Waals surface area contributed by atoms with Crippen molar-refractivity contribution in [1.29, 1.82) is 0 Å². The van der Waals surface area contributed by atoms with Crippen LogP contribution in [0.3, 0.4) is 0 Å². The molecule has 0 saturated heterocycles. The van der Waals surface area contributed by atoms with E-state index >= 15 is 0 Å². The Labute approximate surface area is 163 Å². The second-order valence-electron chi connectivity index (χ2n) is 6.11. The average molecular weight is 384 g/mol. The molecule has 2 N–H and O–H groups in total. The molecule has 0 unspecified atom stereocenters. The summed E-state index contributed by atoms with van der Waals surface area (Å²) in [5.74, 6) is 1.68. The largest absolute Gasteiger partial charge is 0.497 e. The fraction of sp³-hybridized carbons (Fsp3) is 0.368. The minimum absolute atomic E-state index is 0.214. The molecule has 0 radical (unpaired) electrons. The summed E-state index contributed by atoms with van der Waals surface area (Å²) in [5, 5.41) is 11.4. The lowest BCUT2D eigenvalue weighted by molar-refractivity contribution is 0.0951. The number of hydrogen-bond acceptors (Lipinski definition) is 7. The van der Waals surface area contributed by atoms with Crippen LogP contribution in [0.25, 0.3) is 11.0 Å². The van der Waals surface area contributed by atoms with E-state index in [0.29, 0.717) is 30.2 Å². The number of methoxy groups -OCH3 is 2. The van der Waals surface area contributed by atoms with Crippen LogP contribution in [0.1, 0.15) is 23.7 Å². The standard InChI is InChI=1S/C19H24N6O3/c1-4-5-20-17-16-11-24-25(18(16)23-12-22-17)7-6-21-19(26)13-8-14(27-2)10-15(9-13)28-3/h8-12H,4-7H2,1-3H3,(H,21,26)(H,20,22,23). The SMILES string of the molecule is CCCNc1ncnc2c1cnn2CCNC(=O)c1cc(OC)cc(OC)c1. The van der Waals surface area contributed by atoms with Crippen molar-refractivity contribution in [1.82, 2.24) is 25.1 Å². The van der Waals surface area contributed by atoms with Crippen molar-refractivity contribution in [2.75, 3.05) is 32.6 Å². The maximum Gasteiger partial charge on any atom is 0.251 e. The number of nitrogens with zero attached hydrogens (tertiary/aromatic N) is 4. The summed E-state index contributed by atoms with van der Waals surface area (Å²) in [4.78, 5) is 21.0. The van der Waals surface area contributed by atoms with Crippen LogP contribution < -0.4 is 20.1 Å². The molecule has 0 fully saturated rings. The molecule has 2 heterocycles. The summed E-state index contributed by atoms with van der Waals surface area (Å²) in [5.41, 5.74) is 1.20. The molecule has 3 rings (SSSR count). The van der Waals surface area contributed by atoms with E-state index in [1.165, 1.54) is 6.33 Å². The fourth-order valence-electron chi connectivity index (χ4n) is 2.76. The number of anilines is 1. The highest BCUT2D eigenvalue weighted by atomic mass is 16.5. The third-order valence-electron chi connectivity index (χ3n) is 4.20. The molecule has 9 nitrogen and oxygen atoms in total. The van der Waals surface area contributed by atoms with Crippen molar-refractivity contribution in [3.8, 4) is 11.5 Å². The van der Waals surface area contributed by atoms with Crippen LogP contribution in [-0.2, 0) is 6.54 Å². The van der Waals surface area contributed by atoms with E-state index in [0.717, 1.165) is 29.8 Å². The maximum absolute atomic E-state index is 12.5. The molecule has 0 saturated carbocycles. The van der Waals surface area contributed by atoms with Gasteiger partial charge in [0, 0.05) is 24.7 Å². The highest BCUT2D eigenvalue weighted by Crippen LogP contribution is 2.22. The van der Waals surface area contributed by atoms with Gasteiger partial charge in [-0.2, -0.15) is 5.10 Å². The number of fused-ring (bicyclic) bond motifs is 1. The van der Waals surface area contributed by atoms with Gasteiger partial charge in [0.1, 0.15) is 23.6 Å². The molecular formula is C19H24N6O3. The lowest BCUT2D eigenvalue weighted by atomic mass is 10.2. The van der Waals surface area contributed by atoms with E-state index in [4.69, 9.17) is 9.47 Å². The Balaban J connectivity index is 1.66. The quantitative estimate of drug-likeness (QED) is 0.582. The van der Waals surface area contributed by atoms with Crippen LogP contribution in [-0.4, -0.2) is 53.0 Å². The Morgan fingerprint density at radius 1 is 1.11 bits per heavy atom. The van der Waals surface area contributed by atoms with Crippen LogP contribution in [0.5, 0.6) is 11.5 Å². The summed E-state index contributed by atoms with van der Waals surface area (Å²) in [6.45, 7) is 3.81. The van der Waals surface area contributed by atoms with Gasteiger partial charge < -0.3 is 20.1 Å². The zero-order valence-corrected chi connectivity index (χ0v) is 16.2. The second kappa shape index (κ2) is 9.03. The summed E-state index contributed by atoms with van der Waals surface area (Å²) >= 11 is 0. The molecule has 0 atom stereocenters. The van der Waals surface area contributed by atoms with Crippen LogP contribution in [0.2, 0.25) is 0 Å². The minimum atomic E-state index is -0.214.